The molecular formula is C14H16N2S. The van der Waals surface area contributed by atoms with Crippen LogP contribution in [0.3, 0.4) is 0 Å². The number of aromatic nitrogens is 1. The van der Waals surface area contributed by atoms with Crippen LogP contribution in [0.5, 0.6) is 0 Å². The predicted octanol–water partition coefficient (Wildman–Crippen LogP) is 2.94. The molecule has 1 heterocycles. The van der Waals surface area contributed by atoms with Crippen molar-refractivity contribution in [2.75, 3.05) is 7.05 Å². The lowest BCUT2D eigenvalue weighted by atomic mass is 10.0. The van der Waals surface area contributed by atoms with Crippen molar-refractivity contribution in [3.8, 4) is 0 Å². The molecule has 1 aliphatic rings. The molecule has 1 aromatic heterocycles. The van der Waals surface area contributed by atoms with Gasteiger partial charge in [0.05, 0.1) is 5.01 Å². The normalized spacial score (nSPS) is 18.3. The Labute approximate surface area is 106 Å². The lowest BCUT2D eigenvalue weighted by Crippen LogP contribution is -2.12. The van der Waals surface area contributed by atoms with E-state index in [-0.39, 0.29) is 0 Å². The fraction of sp³-hybridized carbons (Fsp3) is 0.357. The molecular weight excluding hydrogens is 228 g/mol. The molecule has 1 aliphatic carbocycles. The zero-order valence-electron chi connectivity index (χ0n) is 9.94. The van der Waals surface area contributed by atoms with Crippen molar-refractivity contribution >= 4 is 11.3 Å². The Bertz CT molecular complexity index is 505. The number of thiazole rings is 1. The zero-order chi connectivity index (χ0) is 11.7. The van der Waals surface area contributed by atoms with Crippen molar-refractivity contribution < 1.29 is 0 Å². The van der Waals surface area contributed by atoms with Gasteiger partial charge in [0.15, 0.2) is 0 Å². The van der Waals surface area contributed by atoms with Gasteiger partial charge in [0.2, 0.25) is 0 Å². The van der Waals surface area contributed by atoms with Crippen molar-refractivity contribution in [2.24, 2.45) is 0 Å². The van der Waals surface area contributed by atoms with Gasteiger partial charge in [-0.15, -0.1) is 11.3 Å². The van der Waals surface area contributed by atoms with E-state index in [9.17, 15) is 0 Å². The lowest BCUT2D eigenvalue weighted by molar-refractivity contribution is 0.590. The van der Waals surface area contributed by atoms with E-state index in [0.29, 0.717) is 6.04 Å². The number of nitrogens with zero attached hydrogens (tertiary/aromatic N) is 1. The van der Waals surface area contributed by atoms with Gasteiger partial charge >= 0.3 is 0 Å². The van der Waals surface area contributed by atoms with Crippen LogP contribution in [-0.4, -0.2) is 12.0 Å². The number of nitrogens with one attached hydrogen (secondary N) is 1. The molecule has 0 amide bonds. The SMILES string of the molecule is CNC1CCc2c(Cc3nccs3)cccc21. The molecule has 1 unspecified atom stereocenters. The second-order valence-electron chi connectivity index (χ2n) is 4.47. The van der Waals surface area contributed by atoms with Crippen LogP contribution in [0.2, 0.25) is 0 Å². The summed E-state index contributed by atoms with van der Waals surface area (Å²) >= 11 is 1.74. The molecule has 0 fully saturated rings. The molecule has 1 atom stereocenters. The van der Waals surface area contributed by atoms with Gasteiger partial charge in [0.1, 0.15) is 0 Å². The maximum Gasteiger partial charge on any atom is 0.0968 e. The highest BCUT2D eigenvalue weighted by Gasteiger charge is 2.22. The first-order valence-corrected chi connectivity index (χ1v) is 6.92. The standard InChI is InChI=1S/C14H16N2S/c1-15-13-6-5-11-10(3-2-4-12(11)13)9-14-16-7-8-17-14/h2-4,7-8,13,15H,5-6,9H2,1H3. The minimum Gasteiger partial charge on any atom is -0.313 e. The Morgan fingerprint density at radius 2 is 2.41 bits per heavy atom. The molecule has 3 rings (SSSR count). The number of rotatable bonds is 3. The predicted molar refractivity (Wildman–Crippen MR) is 71.5 cm³/mol. The molecule has 0 bridgehead atoms. The molecule has 0 radical (unpaired) electrons. The summed E-state index contributed by atoms with van der Waals surface area (Å²) in [6, 6.07) is 7.23. The molecule has 0 saturated carbocycles. The summed E-state index contributed by atoms with van der Waals surface area (Å²) in [7, 11) is 2.05. The van der Waals surface area contributed by atoms with Crippen molar-refractivity contribution in [1.29, 1.82) is 0 Å². The monoisotopic (exact) mass is 244 g/mol. The molecule has 2 nitrogen and oxygen atoms in total. The third kappa shape index (κ3) is 2.01. The molecule has 0 spiro atoms. The van der Waals surface area contributed by atoms with E-state index < -0.39 is 0 Å². The molecule has 0 saturated heterocycles. The first kappa shape index (κ1) is 10.9. The van der Waals surface area contributed by atoms with E-state index in [2.05, 4.69) is 33.9 Å². The van der Waals surface area contributed by atoms with Gasteiger partial charge in [0.25, 0.3) is 0 Å². The van der Waals surface area contributed by atoms with Gasteiger partial charge in [-0.2, -0.15) is 0 Å². The van der Waals surface area contributed by atoms with Crippen LogP contribution in [0.15, 0.2) is 29.8 Å². The summed E-state index contributed by atoms with van der Waals surface area (Å²) in [5.74, 6) is 0. The largest absolute Gasteiger partial charge is 0.313 e. The Morgan fingerprint density at radius 3 is 3.18 bits per heavy atom. The lowest BCUT2D eigenvalue weighted by Gasteiger charge is -2.11. The first-order valence-electron chi connectivity index (χ1n) is 6.05. The quantitative estimate of drug-likeness (QED) is 0.898. The van der Waals surface area contributed by atoms with E-state index in [4.69, 9.17) is 0 Å². The smallest absolute Gasteiger partial charge is 0.0968 e. The Kier molecular flexibility index (Phi) is 2.95. The molecule has 88 valence electrons. The average molecular weight is 244 g/mol. The van der Waals surface area contributed by atoms with E-state index >= 15 is 0 Å². The van der Waals surface area contributed by atoms with Crippen LogP contribution < -0.4 is 5.32 Å². The Hall–Kier alpha value is -1.19. The average Bonchev–Trinajstić information content (AvgIpc) is 2.97. The third-order valence-electron chi connectivity index (χ3n) is 3.54. The highest BCUT2D eigenvalue weighted by molar-refractivity contribution is 7.09. The minimum absolute atomic E-state index is 0.543. The third-order valence-corrected chi connectivity index (χ3v) is 4.32. The van der Waals surface area contributed by atoms with Crippen LogP contribution in [-0.2, 0) is 12.8 Å². The van der Waals surface area contributed by atoms with Crippen molar-refractivity contribution in [1.82, 2.24) is 10.3 Å². The number of benzene rings is 1. The fourth-order valence-corrected chi connectivity index (χ4v) is 3.34. The number of hydrogen-bond acceptors (Lipinski definition) is 3. The van der Waals surface area contributed by atoms with Crippen LogP contribution in [0.4, 0.5) is 0 Å². The summed E-state index contributed by atoms with van der Waals surface area (Å²) in [5.41, 5.74) is 4.49. The van der Waals surface area contributed by atoms with Gasteiger partial charge in [0, 0.05) is 24.0 Å². The highest BCUT2D eigenvalue weighted by atomic mass is 32.1. The highest BCUT2D eigenvalue weighted by Crippen LogP contribution is 2.33. The molecule has 3 heteroatoms. The second-order valence-corrected chi connectivity index (χ2v) is 5.45. The van der Waals surface area contributed by atoms with E-state index in [1.165, 1.54) is 29.0 Å². The molecule has 17 heavy (non-hydrogen) atoms. The number of fused-ring (bicyclic) bond motifs is 1. The van der Waals surface area contributed by atoms with Crippen LogP contribution in [0.25, 0.3) is 0 Å². The van der Waals surface area contributed by atoms with Gasteiger partial charge < -0.3 is 5.32 Å². The summed E-state index contributed by atoms with van der Waals surface area (Å²) in [6.07, 6.45) is 5.29. The number of hydrogen-bond donors (Lipinski definition) is 1. The molecule has 1 N–H and O–H groups in total. The summed E-state index contributed by atoms with van der Waals surface area (Å²) < 4.78 is 0. The summed E-state index contributed by atoms with van der Waals surface area (Å²) in [4.78, 5) is 4.38. The molecule has 0 aliphatic heterocycles. The Balaban J connectivity index is 1.94. The van der Waals surface area contributed by atoms with E-state index in [1.807, 2.05) is 13.2 Å². The van der Waals surface area contributed by atoms with Crippen LogP contribution in [0.1, 0.15) is 34.2 Å². The van der Waals surface area contributed by atoms with Gasteiger partial charge in [-0.3, -0.25) is 0 Å². The fourth-order valence-electron chi connectivity index (χ4n) is 2.70. The Morgan fingerprint density at radius 1 is 1.47 bits per heavy atom. The maximum absolute atomic E-state index is 4.38. The molecule has 1 aromatic carbocycles. The van der Waals surface area contributed by atoms with Crippen molar-refractivity contribution in [3.63, 3.8) is 0 Å². The van der Waals surface area contributed by atoms with Crippen molar-refractivity contribution in [2.45, 2.75) is 25.3 Å². The molecule has 2 aromatic rings. The first-order chi connectivity index (χ1) is 8.38. The van der Waals surface area contributed by atoms with Crippen LogP contribution in [0, 0.1) is 0 Å². The van der Waals surface area contributed by atoms with Gasteiger partial charge in [-0.25, -0.2) is 4.98 Å². The summed E-state index contributed by atoms with van der Waals surface area (Å²) in [5, 5.41) is 6.66. The van der Waals surface area contributed by atoms with Gasteiger partial charge in [-0.1, -0.05) is 18.2 Å². The van der Waals surface area contributed by atoms with E-state index in [1.54, 1.807) is 16.9 Å². The maximum atomic E-state index is 4.38. The van der Waals surface area contributed by atoms with Crippen LogP contribution >= 0.6 is 11.3 Å². The topological polar surface area (TPSA) is 24.9 Å². The van der Waals surface area contributed by atoms with Crippen molar-refractivity contribution in [3.05, 3.63) is 51.5 Å². The zero-order valence-corrected chi connectivity index (χ0v) is 10.8. The van der Waals surface area contributed by atoms with Gasteiger partial charge in [-0.05, 0) is 36.6 Å². The minimum atomic E-state index is 0.543. The summed E-state index contributed by atoms with van der Waals surface area (Å²) in [6.45, 7) is 0. The second kappa shape index (κ2) is 4.59. The van der Waals surface area contributed by atoms with E-state index in [0.717, 1.165) is 6.42 Å².